The Morgan fingerprint density at radius 2 is 1.59 bits per heavy atom. The summed E-state index contributed by atoms with van der Waals surface area (Å²) >= 11 is 0. The minimum atomic E-state index is -0.511. The topological polar surface area (TPSA) is 61.8 Å². The van der Waals surface area contributed by atoms with Gasteiger partial charge in [-0.15, -0.1) is 0 Å². The first kappa shape index (κ1) is 20.5. The highest BCUT2D eigenvalue weighted by molar-refractivity contribution is 5.81. The number of benzene rings is 1. The zero-order chi connectivity index (χ0) is 19.5. The van der Waals surface area contributed by atoms with Crippen molar-refractivity contribution in [2.45, 2.75) is 25.7 Å². The van der Waals surface area contributed by atoms with Crippen LogP contribution in [0.3, 0.4) is 0 Å². The van der Waals surface area contributed by atoms with Crippen molar-refractivity contribution in [1.29, 1.82) is 0 Å². The van der Waals surface area contributed by atoms with Gasteiger partial charge in [-0.25, -0.2) is 9.59 Å². The lowest BCUT2D eigenvalue weighted by Crippen LogP contribution is -2.19. The zero-order valence-electron chi connectivity index (χ0n) is 15.5. The molecule has 0 heterocycles. The summed E-state index contributed by atoms with van der Waals surface area (Å²) in [5.74, 6) is 0.779. The second-order valence-corrected chi connectivity index (χ2v) is 6.47. The van der Waals surface area contributed by atoms with Crippen LogP contribution in [0.4, 0.5) is 0 Å². The number of ether oxygens (including phenoxy) is 3. The number of hydrogen-bond donors (Lipinski definition) is 0. The first-order valence-corrected chi connectivity index (χ1v) is 9.10. The summed E-state index contributed by atoms with van der Waals surface area (Å²) in [6.45, 7) is 7.08. The molecular formula is C22H26O5. The van der Waals surface area contributed by atoms with E-state index in [2.05, 4.69) is 25.3 Å². The third-order valence-corrected chi connectivity index (χ3v) is 4.55. The van der Waals surface area contributed by atoms with Gasteiger partial charge in [0.15, 0.2) is 0 Å². The molecule has 1 aromatic carbocycles. The molecule has 1 saturated carbocycles. The van der Waals surface area contributed by atoms with Gasteiger partial charge in [0.25, 0.3) is 0 Å². The molecule has 0 radical (unpaired) electrons. The van der Waals surface area contributed by atoms with Crippen LogP contribution >= 0.6 is 0 Å². The van der Waals surface area contributed by atoms with Crippen molar-refractivity contribution in [1.82, 2.24) is 0 Å². The van der Waals surface area contributed by atoms with Crippen molar-refractivity contribution < 1.29 is 23.8 Å². The van der Waals surface area contributed by atoms with Crippen molar-refractivity contribution >= 4 is 18.0 Å². The predicted molar refractivity (Wildman–Crippen MR) is 104 cm³/mol. The average molecular weight is 370 g/mol. The van der Waals surface area contributed by atoms with E-state index >= 15 is 0 Å². The van der Waals surface area contributed by atoms with Crippen LogP contribution in [0.25, 0.3) is 6.08 Å². The zero-order valence-corrected chi connectivity index (χ0v) is 15.5. The first-order valence-electron chi connectivity index (χ1n) is 9.10. The van der Waals surface area contributed by atoms with Gasteiger partial charge in [0, 0.05) is 12.2 Å². The Kier molecular flexibility index (Phi) is 8.36. The van der Waals surface area contributed by atoms with Crippen LogP contribution in [0, 0.1) is 11.8 Å². The Morgan fingerprint density at radius 1 is 0.963 bits per heavy atom. The number of carbonyl (C=O) groups is 2. The molecule has 0 aromatic heterocycles. The predicted octanol–water partition coefficient (Wildman–Crippen LogP) is 4.30. The van der Waals surface area contributed by atoms with Gasteiger partial charge in [-0.3, -0.25) is 0 Å². The van der Waals surface area contributed by atoms with E-state index in [9.17, 15) is 9.59 Å². The second-order valence-electron chi connectivity index (χ2n) is 6.47. The summed E-state index contributed by atoms with van der Waals surface area (Å²) in [6.07, 6.45) is 11.0. The summed E-state index contributed by atoms with van der Waals surface area (Å²) in [7, 11) is 0. The fourth-order valence-corrected chi connectivity index (χ4v) is 2.94. The highest BCUT2D eigenvalue weighted by Gasteiger charge is 2.20. The Labute approximate surface area is 160 Å². The molecule has 0 bridgehead atoms. The van der Waals surface area contributed by atoms with E-state index in [-0.39, 0.29) is 12.8 Å². The summed E-state index contributed by atoms with van der Waals surface area (Å²) < 4.78 is 15.2. The summed E-state index contributed by atoms with van der Waals surface area (Å²) in [6, 6.07) is 7.60. The van der Waals surface area contributed by atoms with Crippen LogP contribution in [-0.4, -0.2) is 25.3 Å². The van der Waals surface area contributed by atoms with Gasteiger partial charge >= 0.3 is 11.9 Å². The summed E-state index contributed by atoms with van der Waals surface area (Å²) in [5.41, 5.74) is 1.09. The summed E-state index contributed by atoms with van der Waals surface area (Å²) in [5, 5.41) is 0. The molecule has 0 spiro atoms. The van der Waals surface area contributed by atoms with Crippen LogP contribution in [0.1, 0.15) is 31.2 Å². The fraction of sp³-hybridized carbons (Fsp3) is 0.364. The van der Waals surface area contributed by atoms with Gasteiger partial charge < -0.3 is 14.2 Å². The molecule has 0 unspecified atom stereocenters. The number of carbonyl (C=O) groups excluding carboxylic acids is 2. The molecule has 144 valence electrons. The number of allylic oxidation sites excluding steroid dienone is 1. The van der Waals surface area contributed by atoms with Crippen LogP contribution < -0.4 is 4.74 Å². The van der Waals surface area contributed by atoms with E-state index in [1.54, 1.807) is 0 Å². The van der Waals surface area contributed by atoms with Crippen LogP contribution in [0.15, 0.2) is 55.7 Å². The highest BCUT2D eigenvalue weighted by Crippen LogP contribution is 2.30. The van der Waals surface area contributed by atoms with Crippen LogP contribution in [0.2, 0.25) is 0 Å². The molecule has 27 heavy (non-hydrogen) atoms. The molecule has 0 saturated heterocycles. The fourth-order valence-electron chi connectivity index (χ4n) is 2.94. The molecule has 1 aromatic rings. The summed E-state index contributed by atoms with van der Waals surface area (Å²) in [4.78, 5) is 22.1. The minimum absolute atomic E-state index is 0.134. The normalized spacial score (nSPS) is 19.3. The molecule has 0 atom stereocenters. The van der Waals surface area contributed by atoms with Gasteiger partial charge in [0.2, 0.25) is 6.79 Å². The molecule has 0 N–H and O–H groups in total. The van der Waals surface area contributed by atoms with Gasteiger partial charge in [-0.1, -0.05) is 37.4 Å². The van der Waals surface area contributed by atoms with E-state index < -0.39 is 5.97 Å². The molecule has 5 heteroatoms. The van der Waals surface area contributed by atoms with E-state index in [1.165, 1.54) is 6.08 Å². The molecule has 1 aliphatic carbocycles. The van der Waals surface area contributed by atoms with Crippen LogP contribution in [-0.2, 0) is 19.1 Å². The maximum absolute atomic E-state index is 11.1. The Morgan fingerprint density at radius 3 is 2.22 bits per heavy atom. The van der Waals surface area contributed by atoms with Gasteiger partial charge in [-0.2, -0.15) is 0 Å². The van der Waals surface area contributed by atoms with Gasteiger partial charge in [0.05, 0.1) is 6.61 Å². The van der Waals surface area contributed by atoms with E-state index in [4.69, 9.17) is 14.2 Å². The number of esters is 2. The Bertz CT molecular complexity index is 666. The highest BCUT2D eigenvalue weighted by atomic mass is 16.7. The van der Waals surface area contributed by atoms with Crippen molar-refractivity contribution in [2.24, 2.45) is 11.8 Å². The standard InChI is InChI=1S/C22H26O5/c1-3-21(23)25-15-19-9-7-17(8-10-19)5-6-18-11-13-20(14-12-18)26-16-27-22(24)4-2/h3-6,11-14,17,19H,1-2,7-10,15-16H2. The minimum Gasteiger partial charge on any atom is -0.462 e. The molecule has 1 aliphatic rings. The third-order valence-electron chi connectivity index (χ3n) is 4.55. The van der Waals surface area contributed by atoms with Crippen LogP contribution in [0.5, 0.6) is 5.75 Å². The molecule has 2 rings (SSSR count). The lowest BCUT2D eigenvalue weighted by Gasteiger charge is -2.26. The smallest absolute Gasteiger partial charge is 0.333 e. The van der Waals surface area contributed by atoms with E-state index in [0.29, 0.717) is 24.2 Å². The van der Waals surface area contributed by atoms with Crippen molar-refractivity contribution in [2.75, 3.05) is 13.4 Å². The average Bonchev–Trinajstić information content (AvgIpc) is 2.72. The molecule has 0 amide bonds. The maximum atomic E-state index is 11.1. The molecule has 5 nitrogen and oxygen atoms in total. The third kappa shape index (κ3) is 7.52. The van der Waals surface area contributed by atoms with E-state index in [0.717, 1.165) is 37.3 Å². The van der Waals surface area contributed by atoms with E-state index in [1.807, 2.05) is 24.3 Å². The lowest BCUT2D eigenvalue weighted by atomic mass is 9.82. The quantitative estimate of drug-likeness (QED) is 0.368. The van der Waals surface area contributed by atoms with Gasteiger partial charge in [-0.05, 0) is 55.2 Å². The largest absolute Gasteiger partial charge is 0.462 e. The Balaban J connectivity index is 1.71. The first-order chi connectivity index (χ1) is 13.1. The second kappa shape index (κ2) is 11.0. The van der Waals surface area contributed by atoms with Crippen molar-refractivity contribution in [3.63, 3.8) is 0 Å². The van der Waals surface area contributed by atoms with Crippen molar-refractivity contribution in [3.8, 4) is 5.75 Å². The lowest BCUT2D eigenvalue weighted by molar-refractivity contribution is -0.144. The molecule has 0 aliphatic heterocycles. The molecular weight excluding hydrogens is 344 g/mol. The number of hydrogen-bond acceptors (Lipinski definition) is 5. The maximum Gasteiger partial charge on any atom is 0.333 e. The Hall–Kier alpha value is -2.82. The monoisotopic (exact) mass is 370 g/mol. The molecule has 1 fully saturated rings. The van der Waals surface area contributed by atoms with Gasteiger partial charge in [0.1, 0.15) is 5.75 Å². The number of rotatable bonds is 9. The SMILES string of the molecule is C=CC(=O)OCOc1ccc(C=CC2CCC(COC(=O)C=C)CC2)cc1. The van der Waals surface area contributed by atoms with Crippen molar-refractivity contribution in [3.05, 3.63) is 61.2 Å².